The minimum atomic E-state index is -5.04. The first-order valence-electron chi connectivity index (χ1n) is 11.4. The number of alkyl halides is 6. The van der Waals surface area contributed by atoms with Crippen molar-refractivity contribution in [3.8, 4) is 11.1 Å². The second kappa shape index (κ2) is 9.34. The monoisotopic (exact) mass is 533 g/mol. The van der Waals surface area contributed by atoms with Gasteiger partial charge < -0.3 is 4.90 Å². The molecule has 0 aliphatic carbocycles. The van der Waals surface area contributed by atoms with Gasteiger partial charge in [-0.25, -0.2) is 0 Å². The van der Waals surface area contributed by atoms with E-state index >= 15 is 0 Å². The van der Waals surface area contributed by atoms with Gasteiger partial charge in [-0.3, -0.25) is 10.0 Å². The van der Waals surface area contributed by atoms with Gasteiger partial charge in [0.25, 0.3) is 5.52 Å². The first-order valence-corrected chi connectivity index (χ1v) is 11.4. The Kier molecular flexibility index (Phi) is 6.63. The summed E-state index contributed by atoms with van der Waals surface area (Å²) in [5, 5.41) is 10.9. The summed E-state index contributed by atoms with van der Waals surface area (Å²) >= 11 is 0. The molecule has 0 radical (unpaired) electrons. The molecule has 0 aliphatic rings. The third kappa shape index (κ3) is 4.90. The van der Waals surface area contributed by atoms with E-state index in [0.29, 0.717) is 39.8 Å². The van der Waals surface area contributed by atoms with E-state index in [9.17, 15) is 36.3 Å². The molecule has 1 N–H and O–H groups in total. The molecule has 0 unspecified atom stereocenters. The lowest BCUT2D eigenvalue weighted by Crippen LogP contribution is -2.42. The Morgan fingerprint density at radius 1 is 0.789 bits per heavy atom. The highest BCUT2D eigenvalue weighted by Crippen LogP contribution is 2.41. The van der Waals surface area contributed by atoms with E-state index in [2.05, 4.69) is 0 Å². The van der Waals surface area contributed by atoms with Gasteiger partial charge in [-0.1, -0.05) is 30.3 Å². The molecule has 0 aliphatic heterocycles. The number of fused-ring (bicyclic) bond motifs is 1. The van der Waals surface area contributed by atoms with Crippen LogP contribution in [0.4, 0.5) is 32.0 Å². The minimum Gasteiger partial charge on any atom is -0.314 e. The van der Waals surface area contributed by atoms with E-state index in [1.807, 2.05) is 0 Å². The highest BCUT2D eigenvalue weighted by atomic mass is 19.4. The molecule has 0 spiro atoms. The Morgan fingerprint density at radius 3 is 1.89 bits per heavy atom. The molecule has 3 aromatic carbocycles. The lowest BCUT2D eigenvalue weighted by atomic mass is 9.81. The van der Waals surface area contributed by atoms with Crippen molar-refractivity contribution < 1.29 is 41.1 Å². The summed E-state index contributed by atoms with van der Waals surface area (Å²) in [5.74, 6) is -0.728. The number of hydrogen-bond donors (Lipinski definition) is 1. The van der Waals surface area contributed by atoms with Gasteiger partial charge in [-0.15, -0.1) is 0 Å². The number of carbonyl (C=O) groups excluding carboxylic acids is 1. The Morgan fingerprint density at radius 2 is 1.34 bits per heavy atom. The molecular weight excluding hydrogens is 510 g/mol. The summed E-state index contributed by atoms with van der Waals surface area (Å²) in [4.78, 5) is 15.0. The Labute approximate surface area is 214 Å². The number of carbonyl (C=O) groups is 1. The fourth-order valence-corrected chi connectivity index (χ4v) is 4.42. The van der Waals surface area contributed by atoms with Crippen LogP contribution in [0.15, 0.2) is 79.0 Å². The van der Waals surface area contributed by atoms with Crippen molar-refractivity contribution in [1.29, 1.82) is 0 Å². The van der Waals surface area contributed by atoms with E-state index < -0.39 is 40.4 Å². The van der Waals surface area contributed by atoms with Crippen molar-refractivity contribution in [2.45, 2.75) is 31.6 Å². The molecule has 198 valence electrons. The number of halogens is 6. The predicted molar refractivity (Wildman–Crippen MR) is 130 cm³/mol. The maximum atomic E-state index is 13.8. The number of likely N-dealkylation sites (N-methyl/N-ethyl adjacent to an activating group) is 1. The van der Waals surface area contributed by atoms with Crippen LogP contribution in [0, 0.1) is 0 Å². The standard InChI is InChI=1S/C28H23F6N2O2/c1-26(2,18-14-19(27(29,30)31)16-20(15-18)28(32,33)34)25(37)35(3)23-12-11-22-21(10-7-13-36(22)38)24(23)17-8-5-4-6-9-17/h4-16,38H,1-3H3/q+1. The van der Waals surface area contributed by atoms with E-state index in [1.165, 1.54) is 32.0 Å². The molecule has 1 amide bonds. The van der Waals surface area contributed by atoms with Gasteiger partial charge in [-0.2, -0.15) is 26.3 Å². The highest BCUT2D eigenvalue weighted by molar-refractivity contribution is 6.08. The average molecular weight is 533 g/mol. The molecule has 10 heteroatoms. The number of aromatic nitrogens is 1. The van der Waals surface area contributed by atoms with Gasteiger partial charge in [0.1, 0.15) is 0 Å². The van der Waals surface area contributed by atoms with Crippen molar-refractivity contribution >= 4 is 22.5 Å². The van der Waals surface area contributed by atoms with Crippen LogP contribution in [0.1, 0.15) is 30.5 Å². The maximum Gasteiger partial charge on any atom is 0.416 e. The van der Waals surface area contributed by atoms with Crippen LogP contribution in [0.3, 0.4) is 0 Å². The van der Waals surface area contributed by atoms with Crippen molar-refractivity contribution in [2.24, 2.45) is 0 Å². The van der Waals surface area contributed by atoms with Crippen molar-refractivity contribution in [1.82, 2.24) is 0 Å². The predicted octanol–water partition coefficient (Wildman–Crippen LogP) is 7.01. The van der Waals surface area contributed by atoms with E-state index in [0.717, 1.165) is 4.73 Å². The Balaban J connectivity index is 1.88. The Hall–Kier alpha value is -4.08. The topological polar surface area (TPSA) is 44.4 Å². The van der Waals surface area contributed by atoms with Crippen molar-refractivity contribution in [3.05, 3.63) is 95.7 Å². The SMILES string of the molecule is CN(C(=O)C(C)(C)c1cc(C(F)(F)F)cc(C(F)(F)F)c1)c1ccc2c(ccc[n+]2O)c1-c1ccccc1. The third-order valence-electron chi connectivity index (χ3n) is 6.51. The summed E-state index contributed by atoms with van der Waals surface area (Å²) < 4.78 is 81.8. The lowest BCUT2D eigenvalue weighted by molar-refractivity contribution is -0.884. The van der Waals surface area contributed by atoms with E-state index in [1.54, 1.807) is 54.6 Å². The maximum absolute atomic E-state index is 13.8. The average Bonchev–Trinajstić information content (AvgIpc) is 2.86. The fourth-order valence-electron chi connectivity index (χ4n) is 4.42. The van der Waals surface area contributed by atoms with Crippen molar-refractivity contribution in [2.75, 3.05) is 11.9 Å². The summed E-state index contributed by atoms with van der Waals surface area (Å²) in [6.45, 7) is 2.57. The summed E-state index contributed by atoms with van der Waals surface area (Å²) in [5.41, 5.74) is -3.14. The number of pyridine rings is 1. The lowest BCUT2D eigenvalue weighted by Gasteiger charge is -2.32. The van der Waals surface area contributed by atoms with Crippen LogP contribution in [0.2, 0.25) is 0 Å². The summed E-state index contributed by atoms with van der Waals surface area (Å²) in [6, 6.07) is 16.6. The van der Waals surface area contributed by atoms with Crippen LogP contribution in [0.5, 0.6) is 0 Å². The zero-order chi connectivity index (χ0) is 28.0. The first kappa shape index (κ1) is 27.0. The smallest absolute Gasteiger partial charge is 0.314 e. The zero-order valence-electron chi connectivity index (χ0n) is 20.5. The summed E-state index contributed by atoms with van der Waals surface area (Å²) in [6.07, 6.45) is -8.65. The second-order valence-corrected chi connectivity index (χ2v) is 9.39. The number of anilines is 1. The van der Waals surface area contributed by atoms with Crippen LogP contribution in [-0.4, -0.2) is 18.2 Å². The largest absolute Gasteiger partial charge is 0.416 e. The molecule has 1 aromatic heterocycles. The van der Waals surface area contributed by atoms with Gasteiger partial charge in [0.15, 0.2) is 0 Å². The Bertz CT molecular complexity index is 1480. The van der Waals surface area contributed by atoms with Gasteiger partial charge >= 0.3 is 12.4 Å². The fraction of sp³-hybridized carbons (Fsp3) is 0.214. The summed E-state index contributed by atoms with van der Waals surface area (Å²) in [7, 11) is 1.41. The molecular formula is C28H23F6N2O2+. The number of hydrogen-bond acceptors (Lipinski definition) is 2. The molecule has 1 heterocycles. The highest BCUT2D eigenvalue weighted by Gasteiger charge is 2.41. The second-order valence-electron chi connectivity index (χ2n) is 9.39. The van der Waals surface area contributed by atoms with Gasteiger partial charge in [-0.05, 0) is 55.3 Å². The van der Waals surface area contributed by atoms with Crippen LogP contribution in [0.25, 0.3) is 22.0 Å². The minimum absolute atomic E-state index is 0.0365. The van der Waals surface area contributed by atoms with Crippen LogP contribution in [-0.2, 0) is 22.6 Å². The zero-order valence-corrected chi connectivity index (χ0v) is 20.5. The normalized spacial score (nSPS) is 12.6. The van der Waals surface area contributed by atoms with Crippen LogP contribution >= 0.6 is 0 Å². The molecule has 38 heavy (non-hydrogen) atoms. The molecule has 0 fully saturated rings. The van der Waals surface area contributed by atoms with E-state index in [-0.39, 0.29) is 6.07 Å². The number of benzene rings is 3. The molecule has 0 atom stereocenters. The number of rotatable bonds is 4. The number of nitrogens with zero attached hydrogens (tertiary/aromatic N) is 2. The van der Waals surface area contributed by atoms with Gasteiger partial charge in [0.05, 0.1) is 27.6 Å². The number of amides is 1. The van der Waals surface area contributed by atoms with Crippen LogP contribution < -0.4 is 9.63 Å². The quantitative estimate of drug-likeness (QED) is 0.174. The third-order valence-corrected chi connectivity index (χ3v) is 6.51. The van der Waals surface area contributed by atoms with Gasteiger partial charge in [0, 0.05) is 29.5 Å². The molecule has 4 nitrogen and oxygen atoms in total. The molecule has 4 rings (SSSR count). The van der Waals surface area contributed by atoms with Crippen molar-refractivity contribution in [3.63, 3.8) is 0 Å². The first-order chi connectivity index (χ1) is 17.6. The molecule has 0 bridgehead atoms. The molecule has 0 saturated heterocycles. The molecule has 4 aromatic rings. The van der Waals surface area contributed by atoms with Gasteiger partial charge in [0.2, 0.25) is 12.1 Å². The molecule has 0 saturated carbocycles. The van der Waals surface area contributed by atoms with E-state index in [4.69, 9.17) is 0 Å².